The fraction of sp³-hybridized carbons (Fsp3) is 0.174. The number of amides is 2. The molecule has 2 aromatic carbocycles. The van der Waals surface area contributed by atoms with Crippen molar-refractivity contribution >= 4 is 17.5 Å². The number of rotatable bonds is 10. The van der Waals surface area contributed by atoms with Gasteiger partial charge in [0.2, 0.25) is 5.91 Å². The highest BCUT2D eigenvalue weighted by Gasteiger charge is 2.10. The summed E-state index contributed by atoms with van der Waals surface area (Å²) in [5.41, 5.74) is 1.47. The summed E-state index contributed by atoms with van der Waals surface area (Å²) in [6, 6.07) is 17.7. The molecule has 2 amide bonds. The van der Waals surface area contributed by atoms with Crippen molar-refractivity contribution < 1.29 is 23.8 Å². The van der Waals surface area contributed by atoms with Crippen molar-refractivity contribution in [1.29, 1.82) is 0 Å². The van der Waals surface area contributed by atoms with Crippen molar-refractivity contribution in [3.05, 3.63) is 78.6 Å². The summed E-state index contributed by atoms with van der Waals surface area (Å²) in [6.07, 6.45) is 3.37. The molecule has 0 radical (unpaired) electrons. The number of carbonyl (C=O) groups is 2. The zero-order chi connectivity index (χ0) is 21.9. The van der Waals surface area contributed by atoms with E-state index in [9.17, 15) is 9.59 Å². The van der Waals surface area contributed by atoms with Gasteiger partial charge in [0.25, 0.3) is 5.91 Å². The molecule has 8 heteroatoms. The Bertz CT molecular complexity index is 997. The molecule has 0 aliphatic heterocycles. The van der Waals surface area contributed by atoms with E-state index < -0.39 is 5.91 Å². The number of pyridine rings is 1. The predicted octanol–water partition coefficient (Wildman–Crippen LogP) is 2.80. The van der Waals surface area contributed by atoms with E-state index in [1.165, 1.54) is 0 Å². The van der Waals surface area contributed by atoms with E-state index in [0.29, 0.717) is 29.5 Å². The number of nitrogens with one attached hydrogen (secondary N) is 2. The maximum atomic E-state index is 12.2. The summed E-state index contributed by atoms with van der Waals surface area (Å²) in [5.74, 6) is 0.837. The fourth-order valence-corrected chi connectivity index (χ4v) is 2.61. The topological polar surface area (TPSA) is 98.8 Å². The fourth-order valence-electron chi connectivity index (χ4n) is 2.61. The molecule has 1 aromatic heterocycles. The number of hydrogen-bond acceptors (Lipinski definition) is 6. The standard InChI is InChI=1S/C23H23N3O5/c1-29-20-8-7-18(13-21(20)31-15-17-9-11-24-12-10-17)26-22(27)14-25-23(28)16-30-19-5-3-2-4-6-19/h2-13H,14-16H2,1H3,(H,25,28)(H,26,27). The smallest absolute Gasteiger partial charge is 0.258 e. The van der Waals surface area contributed by atoms with Crippen molar-refractivity contribution in [2.45, 2.75) is 6.61 Å². The number of benzene rings is 2. The van der Waals surface area contributed by atoms with Crippen LogP contribution in [0.2, 0.25) is 0 Å². The highest BCUT2D eigenvalue weighted by atomic mass is 16.5. The van der Waals surface area contributed by atoms with Gasteiger partial charge in [0.05, 0.1) is 13.7 Å². The third-order valence-electron chi connectivity index (χ3n) is 4.15. The molecule has 0 saturated heterocycles. The monoisotopic (exact) mass is 421 g/mol. The second kappa shape index (κ2) is 11.2. The van der Waals surface area contributed by atoms with Gasteiger partial charge in [-0.1, -0.05) is 18.2 Å². The summed E-state index contributed by atoms with van der Waals surface area (Å²) in [4.78, 5) is 28.0. The van der Waals surface area contributed by atoms with Crippen LogP contribution < -0.4 is 24.8 Å². The minimum Gasteiger partial charge on any atom is -0.493 e. The molecule has 0 bridgehead atoms. The van der Waals surface area contributed by atoms with E-state index in [-0.39, 0.29) is 19.1 Å². The van der Waals surface area contributed by atoms with Gasteiger partial charge in [0, 0.05) is 24.1 Å². The summed E-state index contributed by atoms with van der Waals surface area (Å²) in [7, 11) is 1.54. The molecule has 0 aliphatic carbocycles. The van der Waals surface area contributed by atoms with E-state index in [4.69, 9.17) is 14.2 Å². The second-order valence-corrected chi connectivity index (χ2v) is 6.44. The Morgan fingerprint density at radius 2 is 1.68 bits per heavy atom. The lowest BCUT2D eigenvalue weighted by Gasteiger charge is -2.13. The van der Waals surface area contributed by atoms with Crippen LogP contribution in [0.15, 0.2) is 73.1 Å². The molecule has 0 unspecified atom stereocenters. The lowest BCUT2D eigenvalue weighted by atomic mass is 10.2. The Balaban J connectivity index is 1.49. The average molecular weight is 421 g/mol. The molecule has 160 valence electrons. The molecule has 3 aromatic rings. The minimum absolute atomic E-state index is 0.174. The van der Waals surface area contributed by atoms with Gasteiger partial charge in [-0.15, -0.1) is 0 Å². The molecule has 0 fully saturated rings. The molecule has 1 heterocycles. The third kappa shape index (κ3) is 7.04. The van der Waals surface area contributed by atoms with E-state index in [1.807, 2.05) is 30.3 Å². The molecule has 2 N–H and O–H groups in total. The molecule has 0 atom stereocenters. The predicted molar refractivity (Wildman–Crippen MR) is 115 cm³/mol. The third-order valence-corrected chi connectivity index (χ3v) is 4.15. The van der Waals surface area contributed by atoms with Gasteiger partial charge in [-0.05, 0) is 42.0 Å². The van der Waals surface area contributed by atoms with Crippen molar-refractivity contribution in [3.63, 3.8) is 0 Å². The maximum Gasteiger partial charge on any atom is 0.258 e. The summed E-state index contributed by atoms with van der Waals surface area (Å²) in [6.45, 7) is -0.0310. The van der Waals surface area contributed by atoms with Crippen molar-refractivity contribution in [3.8, 4) is 17.2 Å². The van der Waals surface area contributed by atoms with Gasteiger partial charge in [-0.3, -0.25) is 14.6 Å². The summed E-state index contributed by atoms with van der Waals surface area (Å²) < 4.78 is 16.5. The van der Waals surface area contributed by atoms with Gasteiger partial charge in [-0.25, -0.2) is 0 Å². The highest BCUT2D eigenvalue weighted by Crippen LogP contribution is 2.30. The van der Waals surface area contributed by atoms with Crippen LogP contribution in [0.3, 0.4) is 0 Å². The zero-order valence-corrected chi connectivity index (χ0v) is 17.0. The van der Waals surface area contributed by atoms with Crippen molar-refractivity contribution in [1.82, 2.24) is 10.3 Å². The number of aromatic nitrogens is 1. The first kappa shape index (κ1) is 21.6. The molecule has 31 heavy (non-hydrogen) atoms. The van der Waals surface area contributed by atoms with Crippen molar-refractivity contribution in [2.75, 3.05) is 25.6 Å². The Kier molecular flexibility index (Phi) is 7.82. The first-order valence-corrected chi connectivity index (χ1v) is 9.58. The number of anilines is 1. The van der Waals surface area contributed by atoms with Gasteiger partial charge in [-0.2, -0.15) is 0 Å². The average Bonchev–Trinajstić information content (AvgIpc) is 2.81. The number of carbonyl (C=O) groups excluding carboxylic acids is 2. The van der Waals surface area contributed by atoms with Crippen LogP contribution in [0.1, 0.15) is 5.56 Å². The summed E-state index contributed by atoms with van der Waals surface area (Å²) in [5, 5.41) is 5.24. The van der Waals surface area contributed by atoms with Crippen LogP contribution in [-0.2, 0) is 16.2 Å². The zero-order valence-electron chi connectivity index (χ0n) is 17.0. The quantitative estimate of drug-likeness (QED) is 0.522. The Labute approximate surface area is 180 Å². The molecule has 8 nitrogen and oxygen atoms in total. The first-order valence-electron chi connectivity index (χ1n) is 9.58. The second-order valence-electron chi connectivity index (χ2n) is 6.44. The SMILES string of the molecule is COc1ccc(NC(=O)CNC(=O)COc2ccccc2)cc1OCc1ccncc1. The van der Waals surface area contributed by atoms with Crippen LogP contribution in [0.5, 0.6) is 17.2 Å². The lowest BCUT2D eigenvalue weighted by molar-refractivity contribution is -0.125. The molecule has 0 saturated carbocycles. The van der Waals surface area contributed by atoms with E-state index in [0.717, 1.165) is 5.56 Å². The number of hydrogen-bond donors (Lipinski definition) is 2. The van der Waals surface area contributed by atoms with E-state index in [2.05, 4.69) is 15.6 Å². The van der Waals surface area contributed by atoms with Gasteiger partial charge < -0.3 is 24.8 Å². The van der Waals surface area contributed by atoms with Crippen LogP contribution in [-0.4, -0.2) is 37.1 Å². The Hall–Kier alpha value is -4.07. The molecular formula is C23H23N3O5. The lowest BCUT2D eigenvalue weighted by Crippen LogP contribution is -2.35. The largest absolute Gasteiger partial charge is 0.493 e. The van der Waals surface area contributed by atoms with Crippen molar-refractivity contribution in [2.24, 2.45) is 0 Å². The van der Waals surface area contributed by atoms with Gasteiger partial charge in [0.1, 0.15) is 12.4 Å². The van der Waals surface area contributed by atoms with Crippen LogP contribution >= 0.6 is 0 Å². The molecule has 0 aliphatic rings. The molecular weight excluding hydrogens is 398 g/mol. The number of para-hydroxylation sites is 1. The first-order chi connectivity index (χ1) is 15.1. The summed E-state index contributed by atoms with van der Waals surface area (Å²) >= 11 is 0. The highest BCUT2D eigenvalue weighted by molar-refractivity contribution is 5.94. The van der Waals surface area contributed by atoms with Crippen LogP contribution in [0, 0.1) is 0 Å². The Morgan fingerprint density at radius 1 is 0.903 bits per heavy atom. The maximum absolute atomic E-state index is 12.2. The molecule has 3 rings (SSSR count). The van der Waals surface area contributed by atoms with E-state index in [1.54, 1.807) is 49.8 Å². The van der Waals surface area contributed by atoms with E-state index >= 15 is 0 Å². The molecule has 0 spiro atoms. The van der Waals surface area contributed by atoms with Gasteiger partial charge >= 0.3 is 0 Å². The normalized spacial score (nSPS) is 10.1. The van der Waals surface area contributed by atoms with Crippen LogP contribution in [0.25, 0.3) is 0 Å². The number of nitrogens with zero attached hydrogens (tertiary/aromatic N) is 1. The number of ether oxygens (including phenoxy) is 3. The van der Waals surface area contributed by atoms with Crippen LogP contribution in [0.4, 0.5) is 5.69 Å². The number of methoxy groups -OCH3 is 1. The Morgan fingerprint density at radius 3 is 2.42 bits per heavy atom. The minimum atomic E-state index is -0.393. The van der Waals surface area contributed by atoms with Gasteiger partial charge in [0.15, 0.2) is 18.1 Å².